The van der Waals surface area contributed by atoms with Crippen molar-refractivity contribution < 1.29 is 19.4 Å². The van der Waals surface area contributed by atoms with E-state index >= 15 is 0 Å². The lowest BCUT2D eigenvalue weighted by atomic mass is 10.1. The van der Waals surface area contributed by atoms with Crippen molar-refractivity contribution >= 4 is 23.9 Å². The van der Waals surface area contributed by atoms with Gasteiger partial charge in [-0.05, 0) is 42.0 Å². The fraction of sp³-hybridized carbons (Fsp3) is 0.111. The van der Waals surface area contributed by atoms with Gasteiger partial charge < -0.3 is 14.4 Å². The third-order valence-corrected chi connectivity index (χ3v) is 3.26. The lowest BCUT2D eigenvalue weighted by molar-refractivity contribution is -0.131. The van der Waals surface area contributed by atoms with Crippen LogP contribution in [-0.4, -0.2) is 28.5 Å². The number of ether oxygens (including phenoxy) is 1. The molecule has 2 aromatic rings. The van der Waals surface area contributed by atoms with Crippen molar-refractivity contribution in [2.24, 2.45) is 7.05 Å². The number of methoxy groups -OCH3 is 1. The maximum Gasteiger partial charge on any atom is 0.328 e. The molecule has 0 aliphatic carbocycles. The Morgan fingerprint density at radius 2 is 1.91 bits per heavy atom. The predicted molar refractivity (Wildman–Crippen MR) is 88.4 cm³/mol. The summed E-state index contributed by atoms with van der Waals surface area (Å²) in [7, 11) is 3.33. The number of ketones is 1. The zero-order valence-electron chi connectivity index (χ0n) is 12.9. The number of nitrogens with zero attached hydrogens (tertiary/aromatic N) is 1. The maximum absolute atomic E-state index is 12.2. The number of aromatic nitrogens is 1. The molecule has 1 N–H and O–H groups in total. The van der Waals surface area contributed by atoms with Gasteiger partial charge in [-0.2, -0.15) is 0 Å². The van der Waals surface area contributed by atoms with Crippen LogP contribution in [0.1, 0.15) is 21.6 Å². The van der Waals surface area contributed by atoms with Gasteiger partial charge >= 0.3 is 5.97 Å². The van der Waals surface area contributed by atoms with E-state index in [2.05, 4.69) is 0 Å². The number of aliphatic carboxylic acids is 1. The van der Waals surface area contributed by atoms with Gasteiger partial charge in [0.25, 0.3) is 0 Å². The number of para-hydroxylation sites is 1. The number of aryl methyl sites for hydroxylation is 1. The minimum atomic E-state index is -1.00. The van der Waals surface area contributed by atoms with Gasteiger partial charge in [0.05, 0.1) is 12.7 Å². The second kappa shape index (κ2) is 7.26. The molecule has 0 atom stereocenters. The van der Waals surface area contributed by atoms with Crippen molar-refractivity contribution in [2.75, 3.05) is 7.11 Å². The van der Waals surface area contributed by atoms with E-state index in [1.807, 2.05) is 6.20 Å². The van der Waals surface area contributed by atoms with Crippen LogP contribution < -0.4 is 4.74 Å². The van der Waals surface area contributed by atoms with Gasteiger partial charge in [0.15, 0.2) is 5.78 Å². The van der Waals surface area contributed by atoms with Crippen LogP contribution in [0.2, 0.25) is 0 Å². The van der Waals surface area contributed by atoms with Crippen LogP contribution in [0.5, 0.6) is 5.75 Å². The second-order valence-corrected chi connectivity index (χ2v) is 4.88. The van der Waals surface area contributed by atoms with E-state index in [0.29, 0.717) is 11.3 Å². The highest BCUT2D eigenvalue weighted by atomic mass is 16.5. The van der Waals surface area contributed by atoms with Crippen molar-refractivity contribution in [1.82, 2.24) is 4.57 Å². The molecule has 2 rings (SSSR count). The van der Waals surface area contributed by atoms with Crippen LogP contribution >= 0.6 is 0 Å². The number of carbonyl (C=O) groups is 2. The van der Waals surface area contributed by atoms with Crippen LogP contribution in [-0.2, 0) is 11.8 Å². The Hall–Kier alpha value is -3.08. The standard InChI is InChI=1S/C18H17NO4/c1-19-12-13(11-14(19)8-10-18(21)22)7-9-16(20)15-5-3-4-6-17(15)23-2/h3-12H,1-2H3,(H,21,22)/b9-7+,10-8+. The first-order valence-electron chi connectivity index (χ1n) is 6.94. The molecule has 0 saturated carbocycles. The summed E-state index contributed by atoms with van der Waals surface area (Å²) >= 11 is 0. The Morgan fingerprint density at radius 3 is 2.61 bits per heavy atom. The summed E-state index contributed by atoms with van der Waals surface area (Å²) in [5.41, 5.74) is 2.03. The zero-order chi connectivity index (χ0) is 16.8. The summed E-state index contributed by atoms with van der Waals surface area (Å²) in [6.45, 7) is 0. The molecule has 23 heavy (non-hydrogen) atoms. The number of carboxylic acid groups (broad SMARTS) is 1. The van der Waals surface area contributed by atoms with Crippen LogP contribution in [0.15, 0.2) is 48.7 Å². The normalized spacial score (nSPS) is 11.2. The highest BCUT2D eigenvalue weighted by Crippen LogP contribution is 2.19. The molecule has 5 nitrogen and oxygen atoms in total. The molecule has 1 aromatic heterocycles. The maximum atomic E-state index is 12.2. The molecule has 0 unspecified atom stereocenters. The summed E-state index contributed by atoms with van der Waals surface area (Å²) in [5.74, 6) is -0.635. The Morgan fingerprint density at radius 1 is 1.17 bits per heavy atom. The molecule has 1 aromatic carbocycles. The van der Waals surface area contributed by atoms with Gasteiger partial charge in [0.2, 0.25) is 0 Å². The number of hydrogen-bond acceptors (Lipinski definition) is 3. The average molecular weight is 311 g/mol. The molecule has 5 heteroatoms. The van der Waals surface area contributed by atoms with Gasteiger partial charge in [-0.15, -0.1) is 0 Å². The fourth-order valence-corrected chi connectivity index (χ4v) is 2.13. The van der Waals surface area contributed by atoms with E-state index in [1.165, 1.54) is 19.3 Å². The summed E-state index contributed by atoms with van der Waals surface area (Å²) in [6, 6.07) is 8.82. The first kappa shape index (κ1) is 16.3. The molecule has 1 heterocycles. The molecule has 0 spiro atoms. The van der Waals surface area contributed by atoms with Gasteiger partial charge in [-0.1, -0.05) is 12.1 Å². The van der Waals surface area contributed by atoms with Gasteiger partial charge in [0.1, 0.15) is 5.75 Å². The van der Waals surface area contributed by atoms with E-state index < -0.39 is 5.97 Å². The van der Waals surface area contributed by atoms with Gasteiger partial charge in [-0.3, -0.25) is 4.79 Å². The van der Waals surface area contributed by atoms with E-state index in [-0.39, 0.29) is 5.78 Å². The minimum Gasteiger partial charge on any atom is -0.496 e. The minimum absolute atomic E-state index is 0.158. The van der Waals surface area contributed by atoms with Crippen molar-refractivity contribution in [2.45, 2.75) is 0 Å². The topological polar surface area (TPSA) is 68.5 Å². The molecule has 0 aliphatic rings. The largest absolute Gasteiger partial charge is 0.496 e. The van der Waals surface area contributed by atoms with Gasteiger partial charge in [0, 0.05) is 25.0 Å². The summed E-state index contributed by atoms with van der Waals surface area (Å²) in [4.78, 5) is 22.8. The number of carbonyl (C=O) groups excluding carboxylic acids is 1. The Kier molecular flexibility index (Phi) is 5.15. The first-order chi connectivity index (χ1) is 11.0. The first-order valence-corrected chi connectivity index (χ1v) is 6.94. The predicted octanol–water partition coefficient (Wildman–Crippen LogP) is 3.03. The monoisotopic (exact) mass is 311 g/mol. The highest BCUT2D eigenvalue weighted by Gasteiger charge is 2.08. The highest BCUT2D eigenvalue weighted by molar-refractivity contribution is 6.08. The fourth-order valence-electron chi connectivity index (χ4n) is 2.13. The average Bonchev–Trinajstić information content (AvgIpc) is 2.90. The van der Waals surface area contributed by atoms with Gasteiger partial charge in [-0.25, -0.2) is 4.79 Å². The number of allylic oxidation sites excluding steroid dienone is 1. The van der Waals surface area contributed by atoms with Crippen LogP contribution in [0.3, 0.4) is 0 Å². The van der Waals surface area contributed by atoms with E-state index in [9.17, 15) is 9.59 Å². The van der Waals surface area contributed by atoms with Crippen molar-refractivity contribution in [1.29, 1.82) is 0 Å². The molecular formula is C18H17NO4. The molecule has 0 bridgehead atoms. The molecule has 0 radical (unpaired) electrons. The number of hydrogen-bond donors (Lipinski definition) is 1. The number of carboxylic acids is 1. The third kappa shape index (κ3) is 4.20. The molecule has 118 valence electrons. The lowest BCUT2D eigenvalue weighted by Crippen LogP contribution is -1.98. The quantitative estimate of drug-likeness (QED) is 0.657. The van der Waals surface area contributed by atoms with E-state index in [4.69, 9.17) is 9.84 Å². The second-order valence-electron chi connectivity index (χ2n) is 4.88. The van der Waals surface area contributed by atoms with E-state index in [1.54, 1.807) is 48.0 Å². The Labute approximate surface area is 134 Å². The molecule has 0 amide bonds. The zero-order valence-corrected chi connectivity index (χ0v) is 12.9. The Bertz CT molecular complexity index is 784. The molecular weight excluding hydrogens is 294 g/mol. The van der Waals surface area contributed by atoms with Crippen molar-refractivity contribution in [3.8, 4) is 5.75 Å². The lowest BCUT2D eigenvalue weighted by Gasteiger charge is -2.04. The smallest absolute Gasteiger partial charge is 0.328 e. The SMILES string of the molecule is COc1ccccc1C(=O)/C=C/c1cc(/C=C/C(=O)O)n(C)c1. The summed E-state index contributed by atoms with van der Waals surface area (Å²) in [5, 5.41) is 8.66. The van der Waals surface area contributed by atoms with E-state index in [0.717, 1.165) is 17.3 Å². The molecule has 0 saturated heterocycles. The Balaban J connectivity index is 2.18. The number of rotatable bonds is 6. The van der Waals surface area contributed by atoms with Crippen molar-refractivity contribution in [3.63, 3.8) is 0 Å². The van der Waals surface area contributed by atoms with Crippen molar-refractivity contribution in [3.05, 3.63) is 65.5 Å². The third-order valence-electron chi connectivity index (χ3n) is 3.26. The summed E-state index contributed by atoms with van der Waals surface area (Å²) < 4.78 is 6.96. The molecule has 0 aliphatic heterocycles. The summed E-state index contributed by atoms with van der Waals surface area (Å²) in [6.07, 6.45) is 7.54. The number of benzene rings is 1. The van der Waals surface area contributed by atoms with Crippen LogP contribution in [0, 0.1) is 0 Å². The van der Waals surface area contributed by atoms with Crippen LogP contribution in [0.25, 0.3) is 12.2 Å². The van der Waals surface area contributed by atoms with Crippen LogP contribution in [0.4, 0.5) is 0 Å². The molecule has 0 fully saturated rings.